The highest BCUT2D eigenvalue weighted by atomic mass is 19.1. The molecule has 3 rings (SSSR count). The Hall–Kier alpha value is -1.72. The molecule has 84 valence electrons. The minimum atomic E-state index is -0.444. The lowest BCUT2D eigenvalue weighted by molar-refractivity contribution is -0.119. The summed E-state index contributed by atoms with van der Waals surface area (Å²) >= 11 is 0. The molecule has 3 heterocycles. The zero-order valence-corrected chi connectivity index (χ0v) is 8.56. The molecule has 6 heteroatoms. The van der Waals surface area contributed by atoms with Crippen LogP contribution in [0, 0.1) is 5.82 Å². The molecule has 0 bridgehead atoms. The molecule has 0 aromatic carbocycles. The van der Waals surface area contributed by atoms with Gasteiger partial charge in [0.15, 0.2) is 5.82 Å². The fourth-order valence-corrected chi connectivity index (χ4v) is 2.43. The predicted octanol–water partition coefficient (Wildman–Crippen LogP) is 0.0829. The molecular formula is C10H11FN4O. The maximum atomic E-state index is 12.7. The summed E-state index contributed by atoms with van der Waals surface area (Å²) in [7, 11) is 0. The molecule has 1 aromatic heterocycles. The number of anilines is 1. The third-order valence-corrected chi connectivity index (χ3v) is 3.15. The maximum Gasteiger partial charge on any atom is 0.225 e. The Morgan fingerprint density at radius 2 is 2.19 bits per heavy atom. The fraction of sp³-hybridized carbons (Fsp3) is 0.500. The number of amides is 1. The van der Waals surface area contributed by atoms with Crippen LogP contribution in [0.2, 0.25) is 0 Å². The van der Waals surface area contributed by atoms with E-state index < -0.39 is 5.82 Å². The van der Waals surface area contributed by atoms with Crippen molar-refractivity contribution in [2.24, 2.45) is 0 Å². The molecule has 1 amide bonds. The van der Waals surface area contributed by atoms with Gasteiger partial charge in [-0.2, -0.15) is 0 Å². The van der Waals surface area contributed by atoms with Crippen molar-refractivity contribution in [2.45, 2.75) is 24.9 Å². The van der Waals surface area contributed by atoms with E-state index in [2.05, 4.69) is 15.3 Å². The lowest BCUT2D eigenvalue weighted by Crippen LogP contribution is -2.35. The standard InChI is InChI=1S/C10H11FN4O/c11-6-4-12-10(13-5-6)15-2-1-7-8(15)3-9(16)14-7/h4-5,7-8H,1-3H2,(H,14,16). The summed E-state index contributed by atoms with van der Waals surface area (Å²) in [5, 5.41) is 2.92. The fourth-order valence-electron chi connectivity index (χ4n) is 2.43. The van der Waals surface area contributed by atoms with Crippen LogP contribution in [0.15, 0.2) is 12.4 Å². The molecule has 2 fully saturated rings. The van der Waals surface area contributed by atoms with Gasteiger partial charge in [-0.25, -0.2) is 14.4 Å². The summed E-state index contributed by atoms with van der Waals surface area (Å²) in [4.78, 5) is 21.1. The number of aromatic nitrogens is 2. The molecule has 2 saturated heterocycles. The van der Waals surface area contributed by atoms with E-state index in [1.54, 1.807) is 0 Å². The van der Waals surface area contributed by atoms with Crippen LogP contribution in [0.3, 0.4) is 0 Å². The molecule has 0 aliphatic carbocycles. The first-order chi connectivity index (χ1) is 7.74. The van der Waals surface area contributed by atoms with Crippen LogP contribution in [0.25, 0.3) is 0 Å². The molecule has 2 unspecified atom stereocenters. The number of nitrogens with one attached hydrogen (secondary N) is 1. The van der Waals surface area contributed by atoms with Crippen molar-refractivity contribution in [1.82, 2.24) is 15.3 Å². The molecular weight excluding hydrogens is 211 g/mol. The number of rotatable bonds is 1. The van der Waals surface area contributed by atoms with Gasteiger partial charge in [-0.1, -0.05) is 0 Å². The van der Waals surface area contributed by atoms with Crippen molar-refractivity contribution in [1.29, 1.82) is 0 Å². The van der Waals surface area contributed by atoms with Gasteiger partial charge in [0.05, 0.1) is 24.5 Å². The molecule has 2 aliphatic heterocycles. The van der Waals surface area contributed by atoms with E-state index in [1.807, 2.05) is 4.90 Å². The van der Waals surface area contributed by atoms with Crippen LogP contribution in [-0.4, -0.2) is 34.5 Å². The third kappa shape index (κ3) is 1.41. The highest BCUT2D eigenvalue weighted by Gasteiger charge is 2.42. The van der Waals surface area contributed by atoms with Gasteiger partial charge in [-0.3, -0.25) is 4.79 Å². The quantitative estimate of drug-likeness (QED) is 0.731. The monoisotopic (exact) mass is 222 g/mol. The molecule has 2 atom stereocenters. The van der Waals surface area contributed by atoms with Crippen molar-refractivity contribution in [2.75, 3.05) is 11.4 Å². The molecule has 2 aliphatic rings. The van der Waals surface area contributed by atoms with Gasteiger partial charge in [0.1, 0.15) is 0 Å². The number of carbonyl (C=O) groups is 1. The summed E-state index contributed by atoms with van der Waals surface area (Å²) in [6.07, 6.45) is 3.68. The normalized spacial score (nSPS) is 28.1. The van der Waals surface area contributed by atoms with Gasteiger partial charge < -0.3 is 10.2 Å². The largest absolute Gasteiger partial charge is 0.351 e. The third-order valence-electron chi connectivity index (χ3n) is 3.15. The van der Waals surface area contributed by atoms with E-state index in [-0.39, 0.29) is 18.0 Å². The lowest BCUT2D eigenvalue weighted by atomic mass is 10.1. The van der Waals surface area contributed by atoms with Crippen LogP contribution in [0.5, 0.6) is 0 Å². The van der Waals surface area contributed by atoms with Gasteiger partial charge in [-0.15, -0.1) is 0 Å². The zero-order chi connectivity index (χ0) is 11.1. The van der Waals surface area contributed by atoms with E-state index in [0.29, 0.717) is 12.4 Å². The highest BCUT2D eigenvalue weighted by molar-refractivity contribution is 5.81. The molecule has 5 nitrogen and oxygen atoms in total. The molecule has 0 saturated carbocycles. The Balaban J connectivity index is 1.85. The summed E-state index contributed by atoms with van der Waals surface area (Å²) < 4.78 is 12.7. The number of carbonyl (C=O) groups excluding carboxylic acids is 1. The Morgan fingerprint density at radius 1 is 1.44 bits per heavy atom. The van der Waals surface area contributed by atoms with Gasteiger partial charge in [-0.05, 0) is 6.42 Å². The first-order valence-corrected chi connectivity index (χ1v) is 5.27. The second-order valence-corrected chi connectivity index (χ2v) is 4.13. The highest BCUT2D eigenvalue weighted by Crippen LogP contribution is 2.28. The van der Waals surface area contributed by atoms with Gasteiger partial charge in [0.25, 0.3) is 0 Å². The second-order valence-electron chi connectivity index (χ2n) is 4.13. The van der Waals surface area contributed by atoms with Crippen LogP contribution >= 0.6 is 0 Å². The number of fused-ring (bicyclic) bond motifs is 1. The van der Waals surface area contributed by atoms with E-state index in [4.69, 9.17) is 0 Å². The Kier molecular flexibility index (Phi) is 2.02. The molecule has 1 N–H and O–H groups in total. The minimum Gasteiger partial charge on any atom is -0.351 e. The van der Waals surface area contributed by atoms with E-state index in [1.165, 1.54) is 0 Å². The van der Waals surface area contributed by atoms with E-state index >= 15 is 0 Å². The number of hydrogen-bond acceptors (Lipinski definition) is 4. The Labute approximate surface area is 91.7 Å². The average molecular weight is 222 g/mol. The Bertz CT molecular complexity index is 421. The summed E-state index contributed by atoms with van der Waals surface area (Å²) in [6.45, 7) is 0.807. The number of halogens is 1. The van der Waals surface area contributed by atoms with Crippen LogP contribution in [-0.2, 0) is 4.79 Å². The average Bonchev–Trinajstić information content (AvgIpc) is 2.78. The molecule has 0 spiro atoms. The smallest absolute Gasteiger partial charge is 0.225 e. The summed E-state index contributed by atoms with van der Waals surface area (Å²) in [6, 6.07) is 0.319. The number of hydrogen-bond donors (Lipinski definition) is 1. The lowest BCUT2D eigenvalue weighted by Gasteiger charge is -2.21. The van der Waals surface area contributed by atoms with Gasteiger partial charge in [0.2, 0.25) is 11.9 Å². The van der Waals surface area contributed by atoms with Crippen LogP contribution < -0.4 is 10.2 Å². The summed E-state index contributed by atoms with van der Waals surface area (Å²) in [5.41, 5.74) is 0. The molecule has 16 heavy (non-hydrogen) atoms. The van der Waals surface area contributed by atoms with Crippen LogP contribution in [0.4, 0.5) is 10.3 Å². The first-order valence-electron chi connectivity index (χ1n) is 5.27. The maximum absolute atomic E-state index is 12.7. The van der Waals surface area contributed by atoms with E-state index in [9.17, 15) is 9.18 Å². The summed E-state index contributed by atoms with van der Waals surface area (Å²) in [5.74, 6) is 0.132. The Morgan fingerprint density at radius 3 is 2.94 bits per heavy atom. The number of nitrogens with zero attached hydrogens (tertiary/aromatic N) is 3. The van der Waals surface area contributed by atoms with Crippen molar-refractivity contribution >= 4 is 11.9 Å². The van der Waals surface area contributed by atoms with Gasteiger partial charge in [0, 0.05) is 13.0 Å². The van der Waals surface area contributed by atoms with E-state index in [0.717, 1.165) is 25.4 Å². The predicted molar refractivity (Wildman–Crippen MR) is 54.3 cm³/mol. The molecule has 0 radical (unpaired) electrons. The topological polar surface area (TPSA) is 58.1 Å². The minimum absolute atomic E-state index is 0.0711. The SMILES string of the molecule is O=C1CC2C(CCN2c2ncc(F)cn2)N1. The van der Waals surface area contributed by atoms with Crippen molar-refractivity contribution < 1.29 is 9.18 Å². The van der Waals surface area contributed by atoms with Crippen LogP contribution in [0.1, 0.15) is 12.8 Å². The van der Waals surface area contributed by atoms with Gasteiger partial charge >= 0.3 is 0 Å². The van der Waals surface area contributed by atoms with Crippen molar-refractivity contribution in [3.8, 4) is 0 Å². The zero-order valence-electron chi connectivity index (χ0n) is 8.56. The second kappa shape index (κ2) is 3.40. The van der Waals surface area contributed by atoms with Crippen molar-refractivity contribution in [3.05, 3.63) is 18.2 Å². The van der Waals surface area contributed by atoms with Crippen molar-refractivity contribution in [3.63, 3.8) is 0 Å². The molecule has 1 aromatic rings. The first kappa shape index (κ1) is 9.50.